The monoisotopic (exact) mass is 363 g/mol. The van der Waals surface area contributed by atoms with Crippen molar-refractivity contribution in [1.29, 1.82) is 0 Å². The average molecular weight is 363 g/mol. The number of allylic oxidation sites excluding steroid dienone is 1. The Balaban J connectivity index is 1.48. The third kappa shape index (κ3) is 5.04. The first kappa shape index (κ1) is 18.4. The zero-order chi connectivity index (χ0) is 19.1. The summed E-state index contributed by atoms with van der Waals surface area (Å²) in [4.78, 5) is 31.0. The van der Waals surface area contributed by atoms with Gasteiger partial charge in [0.2, 0.25) is 5.91 Å². The predicted molar refractivity (Wildman–Crippen MR) is 104 cm³/mol. The molecule has 0 atom stereocenters. The number of ketones is 1. The van der Waals surface area contributed by atoms with E-state index < -0.39 is 0 Å². The molecule has 6 nitrogen and oxygen atoms in total. The molecule has 0 aliphatic rings. The molecule has 6 heteroatoms. The van der Waals surface area contributed by atoms with Crippen LogP contribution in [0.3, 0.4) is 0 Å². The summed E-state index contributed by atoms with van der Waals surface area (Å²) < 4.78 is 5.26. The van der Waals surface area contributed by atoms with Crippen LogP contribution in [0.15, 0.2) is 55.0 Å². The molecule has 0 unspecified atom stereocenters. The van der Waals surface area contributed by atoms with Gasteiger partial charge in [0.25, 0.3) is 0 Å². The lowest BCUT2D eigenvalue weighted by atomic mass is 10.1. The standard InChI is InChI=1S/C21H21N3O3/c1-27-18-4-5-20-19(13-18)16(14-24-20)8-11-23-21(26)12-17(25)3-2-15-6-9-22-10-7-15/h2-7,9-10,13-14,24H,8,11-12H2,1H3,(H,23,26)/b3-2+. The second-order valence-corrected chi connectivity index (χ2v) is 6.08. The summed E-state index contributed by atoms with van der Waals surface area (Å²) in [6.07, 6.45) is 8.83. The number of benzene rings is 1. The molecule has 1 amide bonds. The van der Waals surface area contributed by atoms with Gasteiger partial charge in [0.05, 0.1) is 13.5 Å². The van der Waals surface area contributed by atoms with Gasteiger partial charge in [-0.1, -0.05) is 6.08 Å². The van der Waals surface area contributed by atoms with Crippen molar-refractivity contribution in [2.45, 2.75) is 12.8 Å². The number of carbonyl (C=O) groups excluding carboxylic acids is 2. The van der Waals surface area contributed by atoms with E-state index in [1.807, 2.05) is 24.4 Å². The maximum absolute atomic E-state index is 12.0. The largest absolute Gasteiger partial charge is 0.497 e. The Morgan fingerprint density at radius 1 is 1.22 bits per heavy atom. The van der Waals surface area contributed by atoms with Gasteiger partial charge >= 0.3 is 0 Å². The van der Waals surface area contributed by atoms with E-state index in [0.717, 1.165) is 27.8 Å². The van der Waals surface area contributed by atoms with Gasteiger partial charge in [0.15, 0.2) is 5.78 Å². The maximum atomic E-state index is 12.0. The van der Waals surface area contributed by atoms with Crippen molar-refractivity contribution in [3.63, 3.8) is 0 Å². The Kier molecular flexibility index (Phi) is 5.99. The smallest absolute Gasteiger partial charge is 0.227 e. The molecule has 0 aliphatic carbocycles. The van der Waals surface area contributed by atoms with Crippen LogP contribution in [0, 0.1) is 0 Å². The first-order valence-electron chi connectivity index (χ1n) is 8.67. The number of fused-ring (bicyclic) bond motifs is 1. The van der Waals surface area contributed by atoms with Crippen LogP contribution in [-0.2, 0) is 16.0 Å². The van der Waals surface area contributed by atoms with Gasteiger partial charge in [-0.25, -0.2) is 0 Å². The molecule has 2 aromatic heterocycles. The number of ether oxygens (including phenoxy) is 1. The van der Waals surface area contributed by atoms with Crippen LogP contribution in [-0.4, -0.2) is 35.3 Å². The van der Waals surface area contributed by atoms with E-state index in [4.69, 9.17) is 4.74 Å². The third-order valence-corrected chi connectivity index (χ3v) is 4.19. The highest BCUT2D eigenvalue weighted by molar-refractivity contribution is 6.05. The molecule has 3 rings (SSSR count). The second-order valence-electron chi connectivity index (χ2n) is 6.08. The van der Waals surface area contributed by atoms with Gasteiger partial charge in [-0.15, -0.1) is 0 Å². The molecular formula is C21H21N3O3. The van der Waals surface area contributed by atoms with Crippen LogP contribution in [0.1, 0.15) is 17.5 Å². The fraction of sp³-hybridized carbons (Fsp3) is 0.190. The maximum Gasteiger partial charge on any atom is 0.227 e. The van der Waals surface area contributed by atoms with Crippen LogP contribution in [0.4, 0.5) is 0 Å². The molecule has 2 heterocycles. The Morgan fingerprint density at radius 3 is 2.81 bits per heavy atom. The molecule has 0 saturated heterocycles. The normalized spacial score (nSPS) is 11.0. The summed E-state index contributed by atoms with van der Waals surface area (Å²) in [7, 11) is 1.63. The summed E-state index contributed by atoms with van der Waals surface area (Å²) in [5, 5.41) is 3.86. The lowest BCUT2D eigenvalue weighted by Gasteiger charge is -2.04. The van der Waals surface area contributed by atoms with Crippen LogP contribution >= 0.6 is 0 Å². The van der Waals surface area contributed by atoms with Crippen molar-refractivity contribution in [3.8, 4) is 5.75 Å². The number of nitrogens with one attached hydrogen (secondary N) is 2. The minimum Gasteiger partial charge on any atom is -0.497 e. The minimum atomic E-state index is -0.281. The van der Waals surface area contributed by atoms with Crippen molar-refractivity contribution in [2.24, 2.45) is 0 Å². The van der Waals surface area contributed by atoms with E-state index in [-0.39, 0.29) is 18.1 Å². The Labute approximate surface area is 157 Å². The van der Waals surface area contributed by atoms with Gasteiger partial charge in [0.1, 0.15) is 5.75 Å². The lowest BCUT2D eigenvalue weighted by molar-refractivity contribution is -0.126. The van der Waals surface area contributed by atoms with Crippen molar-refractivity contribution < 1.29 is 14.3 Å². The third-order valence-electron chi connectivity index (χ3n) is 4.19. The summed E-state index contributed by atoms with van der Waals surface area (Å²) in [6, 6.07) is 9.41. The highest BCUT2D eigenvalue weighted by Gasteiger charge is 2.08. The van der Waals surface area contributed by atoms with Gasteiger partial charge in [0, 0.05) is 36.0 Å². The van der Waals surface area contributed by atoms with E-state index >= 15 is 0 Å². The summed E-state index contributed by atoms with van der Waals surface area (Å²) in [6.45, 7) is 0.463. The number of nitrogens with zero attached hydrogens (tertiary/aromatic N) is 1. The van der Waals surface area contributed by atoms with Crippen LogP contribution in [0.25, 0.3) is 17.0 Å². The quantitative estimate of drug-likeness (QED) is 0.476. The molecule has 0 radical (unpaired) electrons. The SMILES string of the molecule is COc1ccc2[nH]cc(CCNC(=O)CC(=O)/C=C/c3ccncc3)c2c1. The number of hydrogen-bond acceptors (Lipinski definition) is 4. The highest BCUT2D eigenvalue weighted by atomic mass is 16.5. The molecule has 0 aliphatic heterocycles. The molecule has 0 spiro atoms. The topological polar surface area (TPSA) is 84.1 Å². The van der Waals surface area contributed by atoms with Crippen LogP contribution < -0.4 is 10.1 Å². The molecule has 138 valence electrons. The predicted octanol–water partition coefficient (Wildman–Crippen LogP) is 2.90. The van der Waals surface area contributed by atoms with Crippen LogP contribution in [0.2, 0.25) is 0 Å². The molecular weight excluding hydrogens is 342 g/mol. The van der Waals surface area contributed by atoms with Crippen LogP contribution in [0.5, 0.6) is 5.75 Å². The number of carbonyl (C=O) groups is 2. The first-order chi connectivity index (χ1) is 13.2. The van der Waals surface area contributed by atoms with E-state index in [9.17, 15) is 9.59 Å². The fourth-order valence-corrected chi connectivity index (χ4v) is 2.77. The highest BCUT2D eigenvalue weighted by Crippen LogP contribution is 2.23. The van der Waals surface area contributed by atoms with E-state index in [0.29, 0.717) is 13.0 Å². The molecule has 0 fully saturated rings. The summed E-state index contributed by atoms with van der Waals surface area (Å²) in [5.74, 6) is 0.275. The first-order valence-corrected chi connectivity index (χ1v) is 8.67. The van der Waals surface area contributed by atoms with E-state index in [1.165, 1.54) is 6.08 Å². The molecule has 0 saturated carbocycles. The fourth-order valence-electron chi connectivity index (χ4n) is 2.77. The Bertz CT molecular complexity index is 961. The zero-order valence-electron chi connectivity index (χ0n) is 15.1. The summed E-state index contributed by atoms with van der Waals surface area (Å²) in [5.41, 5.74) is 2.98. The van der Waals surface area contributed by atoms with Crippen molar-refractivity contribution >= 4 is 28.7 Å². The number of methoxy groups -OCH3 is 1. The Hall–Kier alpha value is -3.41. The number of pyridine rings is 1. The second kappa shape index (κ2) is 8.80. The van der Waals surface area contributed by atoms with Gasteiger partial charge in [-0.05, 0) is 54.0 Å². The van der Waals surface area contributed by atoms with Gasteiger partial charge in [-0.3, -0.25) is 14.6 Å². The number of rotatable bonds is 8. The van der Waals surface area contributed by atoms with Crippen molar-refractivity contribution in [2.75, 3.05) is 13.7 Å². The molecule has 0 bridgehead atoms. The lowest BCUT2D eigenvalue weighted by Crippen LogP contribution is -2.27. The number of amides is 1. The van der Waals surface area contributed by atoms with E-state index in [1.54, 1.807) is 37.7 Å². The zero-order valence-corrected chi connectivity index (χ0v) is 15.1. The molecule has 3 aromatic rings. The minimum absolute atomic E-state index is 0.163. The number of hydrogen-bond donors (Lipinski definition) is 2. The summed E-state index contributed by atoms with van der Waals surface area (Å²) >= 11 is 0. The van der Waals surface area contributed by atoms with Crippen molar-refractivity contribution in [1.82, 2.24) is 15.3 Å². The van der Waals surface area contributed by atoms with Gasteiger partial charge < -0.3 is 15.0 Å². The average Bonchev–Trinajstić information content (AvgIpc) is 3.09. The Morgan fingerprint density at radius 2 is 2.04 bits per heavy atom. The number of H-pyrrole nitrogens is 1. The molecule has 1 aromatic carbocycles. The van der Waals surface area contributed by atoms with E-state index in [2.05, 4.69) is 15.3 Å². The van der Waals surface area contributed by atoms with Crippen molar-refractivity contribution in [3.05, 3.63) is 66.1 Å². The number of aromatic amines is 1. The molecule has 27 heavy (non-hydrogen) atoms. The number of aromatic nitrogens is 2. The van der Waals surface area contributed by atoms with Gasteiger partial charge in [-0.2, -0.15) is 0 Å². The molecule has 2 N–H and O–H groups in total.